The predicted octanol–water partition coefficient (Wildman–Crippen LogP) is 2.67. The second-order valence-electron chi connectivity index (χ2n) is 7.21. The first kappa shape index (κ1) is 18.4. The molecule has 2 atom stereocenters. The Hall–Kier alpha value is -2.37. The number of nitrogens with zero attached hydrogens (tertiary/aromatic N) is 1. The van der Waals surface area contributed by atoms with Crippen molar-refractivity contribution in [2.24, 2.45) is 5.92 Å². The summed E-state index contributed by atoms with van der Waals surface area (Å²) >= 11 is 0. The summed E-state index contributed by atoms with van der Waals surface area (Å²) in [5, 5.41) is 2.97. The van der Waals surface area contributed by atoms with Crippen molar-refractivity contribution >= 4 is 23.5 Å². The molecule has 2 amide bonds. The molecule has 0 aromatic heterocycles. The van der Waals surface area contributed by atoms with Crippen molar-refractivity contribution in [2.45, 2.75) is 51.5 Å². The molecule has 1 aromatic rings. The first-order valence-corrected chi connectivity index (χ1v) is 9.41. The van der Waals surface area contributed by atoms with Crippen LogP contribution in [0.3, 0.4) is 0 Å². The third-order valence-electron chi connectivity index (χ3n) is 5.28. The lowest BCUT2D eigenvalue weighted by molar-refractivity contribution is -0.125. The van der Waals surface area contributed by atoms with E-state index in [9.17, 15) is 14.4 Å². The highest BCUT2D eigenvalue weighted by atomic mass is 16.5. The Morgan fingerprint density at radius 3 is 2.54 bits per heavy atom. The SMILES string of the molecule is C[C@@H]1CCCC[C@H]1NC(=O)COC(=O)c1ccc(N2CCCC2=O)cc1. The van der Waals surface area contributed by atoms with Gasteiger partial charge in [0.2, 0.25) is 5.91 Å². The lowest BCUT2D eigenvalue weighted by Crippen LogP contribution is -2.42. The van der Waals surface area contributed by atoms with Crippen molar-refractivity contribution in [2.75, 3.05) is 18.1 Å². The lowest BCUT2D eigenvalue weighted by atomic mass is 9.86. The molecule has 6 nitrogen and oxygen atoms in total. The van der Waals surface area contributed by atoms with Gasteiger partial charge in [-0.15, -0.1) is 0 Å². The average molecular weight is 358 g/mol. The van der Waals surface area contributed by atoms with Gasteiger partial charge in [0.25, 0.3) is 5.91 Å². The zero-order valence-electron chi connectivity index (χ0n) is 15.2. The molecule has 1 saturated carbocycles. The van der Waals surface area contributed by atoms with Crippen molar-refractivity contribution < 1.29 is 19.1 Å². The van der Waals surface area contributed by atoms with Crippen LogP contribution in [0.2, 0.25) is 0 Å². The van der Waals surface area contributed by atoms with Gasteiger partial charge in [-0.3, -0.25) is 9.59 Å². The summed E-state index contributed by atoms with van der Waals surface area (Å²) in [5.74, 6) is -0.217. The minimum absolute atomic E-state index is 0.105. The zero-order chi connectivity index (χ0) is 18.5. The Labute approximate surface area is 153 Å². The molecule has 0 spiro atoms. The molecule has 2 fully saturated rings. The predicted molar refractivity (Wildman–Crippen MR) is 97.9 cm³/mol. The van der Waals surface area contributed by atoms with Gasteiger partial charge in [-0.2, -0.15) is 0 Å². The molecule has 1 N–H and O–H groups in total. The maximum atomic E-state index is 12.1. The van der Waals surface area contributed by atoms with Crippen molar-refractivity contribution in [3.8, 4) is 0 Å². The summed E-state index contributed by atoms with van der Waals surface area (Å²) in [7, 11) is 0. The van der Waals surface area contributed by atoms with E-state index in [2.05, 4.69) is 12.2 Å². The van der Waals surface area contributed by atoms with Gasteiger partial charge in [0, 0.05) is 24.7 Å². The molecular formula is C20H26N2O4. The van der Waals surface area contributed by atoms with E-state index in [1.54, 1.807) is 29.2 Å². The second-order valence-corrected chi connectivity index (χ2v) is 7.21. The van der Waals surface area contributed by atoms with Crippen molar-refractivity contribution in [1.29, 1.82) is 0 Å². The Morgan fingerprint density at radius 2 is 1.88 bits per heavy atom. The number of benzene rings is 1. The van der Waals surface area contributed by atoms with Gasteiger partial charge in [0.1, 0.15) is 0 Å². The number of hydrogen-bond acceptors (Lipinski definition) is 4. The molecule has 0 unspecified atom stereocenters. The fourth-order valence-electron chi connectivity index (χ4n) is 3.69. The minimum Gasteiger partial charge on any atom is -0.452 e. The first-order valence-electron chi connectivity index (χ1n) is 9.41. The summed E-state index contributed by atoms with van der Waals surface area (Å²) in [6, 6.07) is 6.91. The van der Waals surface area contributed by atoms with Gasteiger partial charge < -0.3 is 15.0 Å². The van der Waals surface area contributed by atoms with Crippen molar-refractivity contribution in [1.82, 2.24) is 5.32 Å². The summed E-state index contributed by atoms with van der Waals surface area (Å²) < 4.78 is 5.12. The lowest BCUT2D eigenvalue weighted by Gasteiger charge is -2.29. The molecule has 1 saturated heterocycles. The minimum atomic E-state index is -0.531. The van der Waals surface area contributed by atoms with Crippen LogP contribution in [0.5, 0.6) is 0 Å². The quantitative estimate of drug-likeness (QED) is 0.821. The maximum Gasteiger partial charge on any atom is 0.338 e. The monoisotopic (exact) mass is 358 g/mol. The van der Waals surface area contributed by atoms with Crippen LogP contribution in [-0.4, -0.2) is 37.0 Å². The largest absolute Gasteiger partial charge is 0.452 e. The molecule has 3 rings (SSSR count). The number of anilines is 1. The van der Waals surface area contributed by atoms with Crippen LogP contribution in [0.1, 0.15) is 55.8 Å². The molecule has 1 heterocycles. The van der Waals surface area contributed by atoms with Gasteiger partial charge in [0.05, 0.1) is 5.56 Å². The van der Waals surface area contributed by atoms with Crippen LogP contribution < -0.4 is 10.2 Å². The second kappa shape index (κ2) is 8.34. The first-order chi connectivity index (χ1) is 12.5. The zero-order valence-corrected chi connectivity index (χ0v) is 15.2. The van der Waals surface area contributed by atoms with Crippen LogP contribution >= 0.6 is 0 Å². The third-order valence-corrected chi connectivity index (χ3v) is 5.28. The number of nitrogens with one attached hydrogen (secondary N) is 1. The van der Waals surface area contributed by atoms with E-state index in [1.165, 1.54) is 6.42 Å². The Bertz CT molecular complexity index is 671. The molecule has 0 radical (unpaired) electrons. The fourth-order valence-corrected chi connectivity index (χ4v) is 3.69. The summed E-state index contributed by atoms with van der Waals surface area (Å²) in [6.45, 7) is 2.58. The number of carbonyl (C=O) groups is 3. The van der Waals surface area contributed by atoms with Crippen LogP contribution in [0.25, 0.3) is 0 Å². The van der Waals surface area contributed by atoms with E-state index in [1.807, 2.05) is 0 Å². The van der Waals surface area contributed by atoms with E-state index >= 15 is 0 Å². The summed E-state index contributed by atoms with van der Waals surface area (Å²) in [4.78, 5) is 37.6. The van der Waals surface area contributed by atoms with Crippen molar-refractivity contribution in [3.63, 3.8) is 0 Å². The number of rotatable bonds is 5. The van der Waals surface area contributed by atoms with Crippen LogP contribution in [-0.2, 0) is 14.3 Å². The molecule has 1 aromatic carbocycles. The Balaban J connectivity index is 1.48. The Morgan fingerprint density at radius 1 is 1.15 bits per heavy atom. The summed E-state index contributed by atoms with van der Waals surface area (Å²) in [5.41, 5.74) is 1.16. The molecule has 1 aliphatic carbocycles. The molecule has 1 aliphatic heterocycles. The highest BCUT2D eigenvalue weighted by molar-refractivity contribution is 5.96. The average Bonchev–Trinajstić information content (AvgIpc) is 3.08. The van der Waals surface area contributed by atoms with Gasteiger partial charge in [0.15, 0.2) is 6.61 Å². The van der Waals surface area contributed by atoms with Gasteiger partial charge in [-0.05, 0) is 49.4 Å². The van der Waals surface area contributed by atoms with Crippen LogP contribution in [0, 0.1) is 5.92 Å². The van der Waals surface area contributed by atoms with E-state index in [0.717, 1.165) is 31.4 Å². The van der Waals surface area contributed by atoms with Crippen LogP contribution in [0.15, 0.2) is 24.3 Å². The van der Waals surface area contributed by atoms with E-state index < -0.39 is 5.97 Å². The van der Waals surface area contributed by atoms with E-state index in [0.29, 0.717) is 24.4 Å². The number of esters is 1. The Kier molecular flexibility index (Phi) is 5.91. The third kappa shape index (κ3) is 4.42. The molecular weight excluding hydrogens is 332 g/mol. The van der Waals surface area contributed by atoms with Gasteiger partial charge in [-0.1, -0.05) is 19.8 Å². The molecule has 140 valence electrons. The highest BCUT2D eigenvalue weighted by Crippen LogP contribution is 2.24. The number of hydrogen-bond donors (Lipinski definition) is 1. The van der Waals surface area contributed by atoms with Gasteiger partial charge in [-0.25, -0.2) is 4.79 Å². The molecule has 2 aliphatic rings. The molecule has 6 heteroatoms. The molecule has 0 bridgehead atoms. The van der Waals surface area contributed by atoms with E-state index in [-0.39, 0.29) is 24.5 Å². The highest BCUT2D eigenvalue weighted by Gasteiger charge is 2.24. The van der Waals surface area contributed by atoms with Crippen LogP contribution in [0.4, 0.5) is 5.69 Å². The number of ether oxygens (including phenoxy) is 1. The van der Waals surface area contributed by atoms with Crippen molar-refractivity contribution in [3.05, 3.63) is 29.8 Å². The fraction of sp³-hybridized carbons (Fsp3) is 0.550. The smallest absolute Gasteiger partial charge is 0.338 e. The number of carbonyl (C=O) groups excluding carboxylic acids is 3. The topological polar surface area (TPSA) is 75.7 Å². The summed E-state index contributed by atoms with van der Waals surface area (Å²) in [6.07, 6.45) is 5.87. The standard InChI is InChI=1S/C20H26N2O4/c1-14-5-2-3-6-17(14)21-18(23)13-26-20(25)15-8-10-16(11-9-15)22-12-4-7-19(22)24/h8-11,14,17H,2-7,12-13H2,1H3,(H,21,23)/t14-,17-/m1/s1. The van der Waals surface area contributed by atoms with Gasteiger partial charge >= 0.3 is 5.97 Å². The normalized spacial score (nSPS) is 23.0. The number of amides is 2. The molecule has 26 heavy (non-hydrogen) atoms. The van der Waals surface area contributed by atoms with E-state index in [4.69, 9.17) is 4.74 Å². The maximum absolute atomic E-state index is 12.1.